The van der Waals surface area contributed by atoms with Crippen LogP contribution in [-0.4, -0.2) is 21.5 Å². The normalized spacial score (nSPS) is 10.7. The zero-order chi connectivity index (χ0) is 12.6. The van der Waals surface area contributed by atoms with E-state index in [1.165, 1.54) is 11.1 Å². The second kappa shape index (κ2) is 6.97. The Morgan fingerprint density at radius 3 is 2.56 bits per heavy atom. The van der Waals surface area contributed by atoms with Gasteiger partial charge in [-0.25, -0.2) is 0 Å². The quantitative estimate of drug-likeness (QED) is 0.812. The topological polar surface area (TPSA) is 38.1 Å². The van der Waals surface area contributed by atoms with Gasteiger partial charge in [-0.15, -0.1) is 0 Å². The van der Waals surface area contributed by atoms with Crippen molar-refractivity contribution in [3.05, 3.63) is 53.9 Å². The average molecular weight is 244 g/mol. The van der Waals surface area contributed by atoms with E-state index >= 15 is 0 Å². The minimum atomic E-state index is 0.249. The number of aliphatic hydroxyl groups is 1. The highest BCUT2D eigenvalue weighted by Gasteiger charge is 1.99. The van der Waals surface area contributed by atoms with E-state index in [0.717, 1.165) is 32.2 Å². The van der Waals surface area contributed by atoms with Crippen molar-refractivity contribution in [3.8, 4) is 0 Å². The summed E-state index contributed by atoms with van der Waals surface area (Å²) in [6.07, 6.45) is 7.90. The van der Waals surface area contributed by atoms with E-state index < -0.39 is 0 Å². The lowest BCUT2D eigenvalue weighted by atomic mass is 10.1. The lowest BCUT2D eigenvalue weighted by molar-refractivity contribution is 0.288. The van der Waals surface area contributed by atoms with E-state index in [2.05, 4.69) is 35.6 Å². The number of aromatic nitrogens is 2. The van der Waals surface area contributed by atoms with Crippen LogP contribution in [0.25, 0.3) is 0 Å². The second-order valence-corrected chi connectivity index (χ2v) is 4.53. The van der Waals surface area contributed by atoms with Crippen LogP contribution in [-0.2, 0) is 19.4 Å². The summed E-state index contributed by atoms with van der Waals surface area (Å²) in [5.41, 5.74) is 2.59. The summed E-state index contributed by atoms with van der Waals surface area (Å²) in [6, 6.07) is 10.5. The van der Waals surface area contributed by atoms with Gasteiger partial charge in [0.05, 0.1) is 6.20 Å². The van der Waals surface area contributed by atoms with Crippen LogP contribution in [0.3, 0.4) is 0 Å². The summed E-state index contributed by atoms with van der Waals surface area (Å²) < 4.78 is 2.00. The van der Waals surface area contributed by atoms with Gasteiger partial charge in [0, 0.05) is 19.3 Å². The largest absolute Gasteiger partial charge is 0.396 e. The Bertz CT molecular complexity index is 451. The molecule has 0 bridgehead atoms. The highest BCUT2D eigenvalue weighted by atomic mass is 16.2. The van der Waals surface area contributed by atoms with Gasteiger partial charge in [0.2, 0.25) is 0 Å². The van der Waals surface area contributed by atoms with Crippen LogP contribution in [0.15, 0.2) is 42.7 Å². The van der Waals surface area contributed by atoms with Crippen molar-refractivity contribution in [2.75, 3.05) is 6.61 Å². The third-order valence-corrected chi connectivity index (χ3v) is 3.01. The van der Waals surface area contributed by atoms with Crippen molar-refractivity contribution in [3.63, 3.8) is 0 Å². The molecule has 0 aliphatic rings. The Kier molecular flexibility index (Phi) is 4.97. The third kappa shape index (κ3) is 4.00. The fourth-order valence-electron chi connectivity index (χ4n) is 2.03. The molecule has 3 heteroatoms. The van der Waals surface area contributed by atoms with Crippen molar-refractivity contribution < 1.29 is 5.11 Å². The molecule has 2 aromatic rings. The maximum Gasteiger partial charge on any atom is 0.0521 e. The number of hydrogen-bond acceptors (Lipinski definition) is 2. The molecule has 1 aromatic heterocycles. The summed E-state index contributed by atoms with van der Waals surface area (Å²) in [7, 11) is 0. The van der Waals surface area contributed by atoms with Gasteiger partial charge in [-0.3, -0.25) is 4.68 Å². The molecular weight excluding hydrogens is 224 g/mol. The second-order valence-electron chi connectivity index (χ2n) is 4.53. The molecule has 1 heterocycles. The highest BCUT2D eigenvalue weighted by Crippen LogP contribution is 2.05. The number of hydrogen-bond donors (Lipinski definition) is 1. The van der Waals surface area contributed by atoms with Gasteiger partial charge in [-0.1, -0.05) is 30.3 Å². The first kappa shape index (κ1) is 12.8. The first-order valence-electron chi connectivity index (χ1n) is 6.54. The molecule has 0 aliphatic carbocycles. The lowest BCUT2D eigenvalue weighted by Crippen LogP contribution is -1.99. The van der Waals surface area contributed by atoms with Crippen molar-refractivity contribution in [1.82, 2.24) is 9.78 Å². The minimum absolute atomic E-state index is 0.249. The van der Waals surface area contributed by atoms with Gasteiger partial charge in [0.15, 0.2) is 0 Å². The van der Waals surface area contributed by atoms with Crippen molar-refractivity contribution in [1.29, 1.82) is 0 Å². The van der Waals surface area contributed by atoms with Gasteiger partial charge in [0.1, 0.15) is 0 Å². The SMILES string of the molecule is OCCCc1cnn(CCCc2ccccc2)c1. The molecule has 0 saturated carbocycles. The van der Waals surface area contributed by atoms with Crippen LogP contribution in [0.1, 0.15) is 24.0 Å². The lowest BCUT2D eigenvalue weighted by Gasteiger charge is -2.02. The summed E-state index contributed by atoms with van der Waals surface area (Å²) in [5.74, 6) is 0. The molecule has 0 fully saturated rings. The fourth-order valence-corrected chi connectivity index (χ4v) is 2.03. The molecule has 0 amide bonds. The number of rotatable bonds is 7. The van der Waals surface area contributed by atoms with Crippen molar-refractivity contribution >= 4 is 0 Å². The Morgan fingerprint density at radius 1 is 1.00 bits per heavy atom. The predicted molar refractivity (Wildman–Crippen MR) is 72.4 cm³/mol. The molecule has 18 heavy (non-hydrogen) atoms. The molecule has 96 valence electrons. The summed E-state index contributed by atoms with van der Waals surface area (Å²) in [4.78, 5) is 0. The predicted octanol–water partition coefficient (Wildman–Crippen LogP) is 2.44. The first-order chi connectivity index (χ1) is 8.88. The first-order valence-corrected chi connectivity index (χ1v) is 6.54. The highest BCUT2D eigenvalue weighted by molar-refractivity contribution is 5.14. The zero-order valence-electron chi connectivity index (χ0n) is 10.6. The molecule has 1 aromatic carbocycles. The van der Waals surface area contributed by atoms with Gasteiger partial charge < -0.3 is 5.11 Å². The van der Waals surface area contributed by atoms with E-state index in [1.807, 2.05) is 16.9 Å². The van der Waals surface area contributed by atoms with Gasteiger partial charge in [-0.2, -0.15) is 5.10 Å². The molecule has 0 saturated heterocycles. The molecule has 0 spiro atoms. The molecule has 3 nitrogen and oxygen atoms in total. The zero-order valence-corrected chi connectivity index (χ0v) is 10.6. The van der Waals surface area contributed by atoms with Crippen molar-refractivity contribution in [2.45, 2.75) is 32.2 Å². The van der Waals surface area contributed by atoms with E-state index in [0.29, 0.717) is 0 Å². The molecule has 2 rings (SSSR count). The maximum absolute atomic E-state index is 8.77. The molecule has 1 N–H and O–H groups in total. The Morgan fingerprint density at radius 2 is 1.78 bits per heavy atom. The van der Waals surface area contributed by atoms with E-state index in [1.54, 1.807) is 0 Å². The van der Waals surface area contributed by atoms with E-state index in [-0.39, 0.29) is 6.61 Å². The molecular formula is C15H20N2O. The maximum atomic E-state index is 8.77. The van der Waals surface area contributed by atoms with Crippen LogP contribution in [0.4, 0.5) is 0 Å². The minimum Gasteiger partial charge on any atom is -0.396 e. The number of aryl methyl sites for hydroxylation is 3. The van der Waals surface area contributed by atoms with Gasteiger partial charge in [-0.05, 0) is 36.8 Å². The third-order valence-electron chi connectivity index (χ3n) is 3.01. The van der Waals surface area contributed by atoms with Crippen LogP contribution in [0.2, 0.25) is 0 Å². The average Bonchev–Trinajstić information content (AvgIpc) is 2.85. The van der Waals surface area contributed by atoms with E-state index in [9.17, 15) is 0 Å². The van der Waals surface area contributed by atoms with Gasteiger partial charge in [0.25, 0.3) is 0 Å². The van der Waals surface area contributed by atoms with Crippen LogP contribution in [0.5, 0.6) is 0 Å². The van der Waals surface area contributed by atoms with E-state index in [4.69, 9.17) is 5.11 Å². The van der Waals surface area contributed by atoms with Crippen LogP contribution >= 0.6 is 0 Å². The molecule has 0 radical (unpaired) electrons. The summed E-state index contributed by atoms with van der Waals surface area (Å²) >= 11 is 0. The Hall–Kier alpha value is -1.61. The van der Waals surface area contributed by atoms with Crippen LogP contribution in [0, 0.1) is 0 Å². The Balaban J connectivity index is 1.75. The van der Waals surface area contributed by atoms with Gasteiger partial charge >= 0.3 is 0 Å². The van der Waals surface area contributed by atoms with Crippen molar-refractivity contribution in [2.24, 2.45) is 0 Å². The molecule has 0 aliphatic heterocycles. The molecule has 0 unspecified atom stereocenters. The Labute approximate surface area is 108 Å². The fraction of sp³-hybridized carbons (Fsp3) is 0.400. The summed E-state index contributed by atoms with van der Waals surface area (Å²) in [6.45, 7) is 1.20. The summed E-state index contributed by atoms with van der Waals surface area (Å²) in [5, 5.41) is 13.1. The number of aliphatic hydroxyl groups excluding tert-OH is 1. The smallest absolute Gasteiger partial charge is 0.0521 e. The molecule has 0 atom stereocenters. The standard InChI is InChI=1S/C15H20N2O/c18-11-5-9-15-12-16-17(13-15)10-4-8-14-6-2-1-3-7-14/h1-3,6-7,12-13,18H,4-5,8-11H2. The number of benzene rings is 1. The van der Waals surface area contributed by atoms with Crippen LogP contribution < -0.4 is 0 Å². The monoisotopic (exact) mass is 244 g/mol. The number of nitrogens with zero attached hydrogens (tertiary/aromatic N) is 2.